The molecule has 2 rings (SSSR count). The van der Waals surface area contributed by atoms with Gasteiger partial charge in [0.05, 0.1) is 27.0 Å². The van der Waals surface area contributed by atoms with Gasteiger partial charge in [0.1, 0.15) is 5.75 Å². The number of carbonyl (C=O) groups excluding carboxylic acids is 1. The van der Waals surface area contributed by atoms with E-state index in [2.05, 4.69) is 10.5 Å². The molecular weight excluding hydrogens is 324 g/mol. The van der Waals surface area contributed by atoms with Gasteiger partial charge in [-0.15, -0.1) is 0 Å². The lowest BCUT2D eigenvalue weighted by Gasteiger charge is -2.14. The van der Waals surface area contributed by atoms with Crippen LogP contribution in [0.3, 0.4) is 0 Å². The first-order chi connectivity index (χ1) is 12.1. The second-order valence-corrected chi connectivity index (χ2v) is 4.93. The second kappa shape index (κ2) is 8.58. The quantitative estimate of drug-likeness (QED) is 0.595. The smallest absolute Gasteiger partial charge is 0.271 e. The number of benzene rings is 2. The highest BCUT2D eigenvalue weighted by molar-refractivity contribution is 5.95. The molecule has 0 saturated carbocycles. The van der Waals surface area contributed by atoms with E-state index in [1.165, 1.54) is 44.7 Å². The first-order valence-corrected chi connectivity index (χ1v) is 7.60. The highest BCUT2D eigenvalue weighted by Gasteiger charge is 2.13. The number of phenols is 1. The van der Waals surface area contributed by atoms with Gasteiger partial charge in [0.15, 0.2) is 11.5 Å². The van der Waals surface area contributed by atoms with Crippen molar-refractivity contribution < 1.29 is 24.1 Å². The van der Waals surface area contributed by atoms with Gasteiger partial charge >= 0.3 is 0 Å². The van der Waals surface area contributed by atoms with E-state index < -0.39 is 0 Å². The summed E-state index contributed by atoms with van der Waals surface area (Å²) in [7, 11) is 3.07. The molecule has 1 amide bonds. The van der Waals surface area contributed by atoms with Crippen molar-refractivity contribution in [2.75, 3.05) is 20.8 Å². The van der Waals surface area contributed by atoms with E-state index in [-0.39, 0.29) is 11.7 Å². The van der Waals surface area contributed by atoms with Crippen molar-refractivity contribution in [1.29, 1.82) is 0 Å². The van der Waals surface area contributed by atoms with Crippen molar-refractivity contribution in [2.45, 2.75) is 6.92 Å². The zero-order valence-corrected chi connectivity index (χ0v) is 14.3. The maximum atomic E-state index is 12.0. The highest BCUT2D eigenvalue weighted by atomic mass is 16.5. The van der Waals surface area contributed by atoms with E-state index in [0.717, 1.165) is 0 Å². The summed E-state index contributed by atoms with van der Waals surface area (Å²) in [4.78, 5) is 12.0. The number of methoxy groups -OCH3 is 2. The van der Waals surface area contributed by atoms with E-state index >= 15 is 0 Å². The van der Waals surface area contributed by atoms with Crippen molar-refractivity contribution in [3.63, 3.8) is 0 Å². The number of phenolic OH excluding ortho intramolecular Hbond substituents is 1. The Balaban J connectivity index is 2.14. The second-order valence-electron chi connectivity index (χ2n) is 4.93. The molecule has 0 radical (unpaired) electrons. The van der Waals surface area contributed by atoms with Crippen molar-refractivity contribution in [3.8, 4) is 23.0 Å². The third kappa shape index (κ3) is 4.63. The Bertz CT molecular complexity index is 732. The van der Waals surface area contributed by atoms with Gasteiger partial charge < -0.3 is 19.3 Å². The van der Waals surface area contributed by atoms with Crippen LogP contribution in [0.1, 0.15) is 22.8 Å². The van der Waals surface area contributed by atoms with E-state index in [0.29, 0.717) is 35.0 Å². The van der Waals surface area contributed by atoms with Crippen molar-refractivity contribution in [2.24, 2.45) is 5.10 Å². The van der Waals surface area contributed by atoms with Gasteiger partial charge in [0.2, 0.25) is 5.75 Å². The van der Waals surface area contributed by atoms with Gasteiger partial charge in [0, 0.05) is 11.1 Å². The first-order valence-electron chi connectivity index (χ1n) is 7.60. The molecule has 132 valence electrons. The van der Waals surface area contributed by atoms with Crippen LogP contribution in [0.5, 0.6) is 23.0 Å². The molecule has 0 aliphatic heterocycles. The molecule has 0 spiro atoms. The van der Waals surface area contributed by atoms with Gasteiger partial charge in [-0.25, -0.2) is 5.43 Å². The van der Waals surface area contributed by atoms with Crippen LogP contribution in [-0.2, 0) is 0 Å². The Kier molecular flexibility index (Phi) is 6.22. The molecule has 0 heterocycles. The fourth-order valence-corrected chi connectivity index (χ4v) is 2.10. The number of amides is 1. The number of ether oxygens (including phenoxy) is 3. The van der Waals surface area contributed by atoms with E-state index in [1.807, 2.05) is 6.92 Å². The summed E-state index contributed by atoms with van der Waals surface area (Å²) in [6.45, 7) is 2.34. The Morgan fingerprint density at radius 3 is 2.28 bits per heavy atom. The van der Waals surface area contributed by atoms with Gasteiger partial charge in [-0.05, 0) is 43.3 Å². The topological polar surface area (TPSA) is 89.4 Å². The van der Waals surface area contributed by atoms with Crippen LogP contribution < -0.4 is 19.6 Å². The molecular formula is C18H20N2O5. The van der Waals surface area contributed by atoms with Crippen LogP contribution in [0.4, 0.5) is 0 Å². The average Bonchev–Trinajstić information content (AvgIpc) is 2.63. The summed E-state index contributed by atoms with van der Waals surface area (Å²) >= 11 is 0. The average molecular weight is 344 g/mol. The number of rotatable bonds is 7. The molecule has 0 aliphatic carbocycles. The number of nitrogens with one attached hydrogen (secondary N) is 1. The molecule has 0 unspecified atom stereocenters. The van der Waals surface area contributed by atoms with Crippen molar-refractivity contribution in [1.82, 2.24) is 5.43 Å². The summed E-state index contributed by atoms with van der Waals surface area (Å²) in [6, 6.07) is 9.32. The predicted octanol–water partition coefficient (Wildman–Crippen LogP) is 2.57. The standard InChI is InChI=1S/C18H20N2O5/c1-4-25-17-15(23-2)9-12(10-16(17)24-3)11-19-20-18(22)13-5-7-14(21)8-6-13/h5-11,21H,4H2,1-3H3,(H,20,22)/b19-11-. The van der Waals surface area contributed by atoms with Crippen LogP contribution in [0, 0.1) is 0 Å². The molecule has 2 N–H and O–H groups in total. The minimum atomic E-state index is -0.388. The maximum absolute atomic E-state index is 12.0. The number of hydrogen-bond donors (Lipinski definition) is 2. The van der Waals surface area contributed by atoms with E-state index in [1.54, 1.807) is 12.1 Å². The SMILES string of the molecule is CCOc1c(OC)cc(/C=N\NC(=O)c2ccc(O)cc2)cc1OC. The van der Waals surface area contributed by atoms with Crippen molar-refractivity contribution in [3.05, 3.63) is 47.5 Å². The van der Waals surface area contributed by atoms with Crippen molar-refractivity contribution >= 4 is 12.1 Å². The van der Waals surface area contributed by atoms with Gasteiger partial charge in [0.25, 0.3) is 5.91 Å². The van der Waals surface area contributed by atoms with Crippen LogP contribution in [0.2, 0.25) is 0 Å². The molecule has 2 aromatic rings. The van der Waals surface area contributed by atoms with Crippen LogP contribution in [0.15, 0.2) is 41.5 Å². The molecule has 2 aromatic carbocycles. The highest BCUT2D eigenvalue weighted by Crippen LogP contribution is 2.38. The zero-order valence-electron chi connectivity index (χ0n) is 14.3. The maximum Gasteiger partial charge on any atom is 0.271 e. The summed E-state index contributed by atoms with van der Waals surface area (Å²) in [6.07, 6.45) is 1.47. The predicted molar refractivity (Wildman–Crippen MR) is 93.9 cm³/mol. The third-order valence-corrected chi connectivity index (χ3v) is 3.28. The molecule has 7 heteroatoms. The van der Waals surface area contributed by atoms with Gasteiger partial charge in [-0.3, -0.25) is 4.79 Å². The molecule has 0 fully saturated rings. The van der Waals surface area contributed by atoms with Crippen LogP contribution in [-0.4, -0.2) is 38.1 Å². The molecule has 0 aliphatic rings. The number of carbonyl (C=O) groups is 1. The summed E-state index contributed by atoms with van der Waals surface area (Å²) in [5, 5.41) is 13.2. The fraction of sp³-hybridized carbons (Fsp3) is 0.222. The Hall–Kier alpha value is -3.22. The first kappa shape index (κ1) is 18.1. The third-order valence-electron chi connectivity index (χ3n) is 3.28. The lowest BCUT2D eigenvalue weighted by atomic mass is 10.2. The summed E-state index contributed by atoms with van der Waals surface area (Å²) in [5.74, 6) is 1.23. The van der Waals surface area contributed by atoms with Crippen LogP contribution in [0.25, 0.3) is 0 Å². The molecule has 0 aromatic heterocycles. The Morgan fingerprint density at radius 1 is 1.16 bits per heavy atom. The number of aromatic hydroxyl groups is 1. The van der Waals surface area contributed by atoms with E-state index in [4.69, 9.17) is 14.2 Å². The molecule has 25 heavy (non-hydrogen) atoms. The number of hydrogen-bond acceptors (Lipinski definition) is 6. The normalized spacial score (nSPS) is 10.5. The minimum Gasteiger partial charge on any atom is -0.508 e. The fourth-order valence-electron chi connectivity index (χ4n) is 2.10. The Labute approximate surface area is 145 Å². The number of hydrazone groups is 1. The number of nitrogens with zero attached hydrogens (tertiary/aromatic N) is 1. The Morgan fingerprint density at radius 2 is 1.76 bits per heavy atom. The van der Waals surface area contributed by atoms with Gasteiger partial charge in [-0.1, -0.05) is 0 Å². The molecule has 0 atom stereocenters. The lowest BCUT2D eigenvalue weighted by molar-refractivity contribution is 0.0955. The summed E-state index contributed by atoms with van der Waals surface area (Å²) < 4.78 is 16.2. The minimum absolute atomic E-state index is 0.0913. The van der Waals surface area contributed by atoms with E-state index in [9.17, 15) is 9.90 Å². The lowest BCUT2D eigenvalue weighted by Crippen LogP contribution is -2.17. The zero-order chi connectivity index (χ0) is 18.2. The largest absolute Gasteiger partial charge is 0.508 e. The van der Waals surface area contributed by atoms with Crippen LogP contribution >= 0.6 is 0 Å². The molecule has 0 bridgehead atoms. The monoisotopic (exact) mass is 344 g/mol. The molecule has 7 nitrogen and oxygen atoms in total. The summed E-state index contributed by atoms with van der Waals surface area (Å²) in [5.41, 5.74) is 3.47. The molecule has 0 saturated heterocycles. The van der Waals surface area contributed by atoms with Gasteiger partial charge in [-0.2, -0.15) is 5.10 Å².